The lowest BCUT2D eigenvalue weighted by molar-refractivity contribution is -0.159. The number of ether oxygens (including phenoxy) is 2. The van der Waals surface area contributed by atoms with Crippen LogP contribution in [-0.2, 0) is 19.1 Å². The molecule has 0 radical (unpaired) electrons. The first kappa shape index (κ1) is 42.8. The first-order valence-corrected chi connectivity index (χ1v) is 19.7. The predicted octanol–water partition coefficient (Wildman–Crippen LogP) is 8.32. The van der Waals surface area contributed by atoms with Crippen molar-refractivity contribution in [3.8, 4) is 0 Å². The van der Waals surface area contributed by atoms with E-state index in [2.05, 4.69) is 21.3 Å². The van der Waals surface area contributed by atoms with Crippen LogP contribution in [0, 0.1) is 11.8 Å². The summed E-state index contributed by atoms with van der Waals surface area (Å²) in [5.74, 6) is -2.09. The molecule has 2 aromatic rings. The maximum atomic E-state index is 13.9. The third-order valence-electron chi connectivity index (χ3n) is 7.75. The van der Waals surface area contributed by atoms with Gasteiger partial charge in [-0.2, -0.15) is 0 Å². The smallest absolute Gasteiger partial charge is 0.329 e. The predicted molar refractivity (Wildman–Crippen MR) is 206 cm³/mol. The van der Waals surface area contributed by atoms with Gasteiger partial charge in [-0.15, -0.1) is 0 Å². The summed E-state index contributed by atoms with van der Waals surface area (Å²) in [6, 6.07) is 9.35. The maximum absolute atomic E-state index is 13.9. The maximum Gasteiger partial charge on any atom is 0.329 e. The van der Waals surface area contributed by atoms with Crippen molar-refractivity contribution >= 4 is 56.7 Å². The van der Waals surface area contributed by atoms with E-state index in [1.54, 1.807) is 53.7 Å². The Labute approximate surface area is 307 Å². The van der Waals surface area contributed by atoms with Crippen molar-refractivity contribution in [3.05, 3.63) is 47.5 Å². The van der Waals surface area contributed by atoms with Crippen LogP contribution >= 0.6 is 21.6 Å². The lowest BCUT2D eigenvalue weighted by atomic mass is 9.98. The molecule has 0 bridgehead atoms. The van der Waals surface area contributed by atoms with Crippen molar-refractivity contribution < 1.29 is 28.7 Å². The van der Waals surface area contributed by atoms with E-state index in [-0.39, 0.29) is 11.8 Å². The summed E-state index contributed by atoms with van der Waals surface area (Å²) in [6.07, 6.45) is 1.33. The minimum Gasteiger partial charge on any atom is -0.458 e. The molecule has 4 N–H and O–H groups in total. The molecule has 50 heavy (non-hydrogen) atoms. The molecule has 2 aromatic carbocycles. The molecule has 0 aliphatic heterocycles. The van der Waals surface area contributed by atoms with E-state index in [1.165, 1.54) is 21.6 Å². The Hall–Kier alpha value is -3.38. The summed E-state index contributed by atoms with van der Waals surface area (Å²) in [5.41, 5.74) is 0.883. The molecule has 0 aliphatic carbocycles. The molecule has 10 nitrogen and oxygen atoms in total. The Morgan fingerprint density at radius 3 is 1.24 bits per heavy atom. The van der Waals surface area contributed by atoms with Gasteiger partial charge in [-0.25, -0.2) is 9.59 Å². The van der Waals surface area contributed by atoms with Gasteiger partial charge in [0.05, 0.1) is 11.1 Å². The molecule has 0 saturated heterocycles. The first-order valence-electron chi connectivity index (χ1n) is 17.5. The molecule has 0 saturated carbocycles. The lowest BCUT2D eigenvalue weighted by Gasteiger charge is -2.28. The third-order valence-corrected chi connectivity index (χ3v) is 10.2. The highest BCUT2D eigenvalue weighted by Crippen LogP contribution is 2.42. The molecule has 2 rings (SSSR count). The number of hydrogen-bond acceptors (Lipinski definition) is 10. The lowest BCUT2D eigenvalue weighted by Crippen LogP contribution is -2.48. The molecule has 12 heteroatoms. The van der Waals surface area contributed by atoms with E-state index in [0.717, 1.165) is 11.4 Å². The molecular formula is C38H58N4O6S2. The summed E-state index contributed by atoms with van der Waals surface area (Å²) in [6.45, 7) is 23.8. The molecular weight excluding hydrogens is 673 g/mol. The summed E-state index contributed by atoms with van der Waals surface area (Å²) in [5, 5.41) is 12.4. The van der Waals surface area contributed by atoms with E-state index < -0.39 is 47.0 Å². The van der Waals surface area contributed by atoms with Crippen molar-refractivity contribution in [1.29, 1.82) is 0 Å². The van der Waals surface area contributed by atoms with Gasteiger partial charge in [-0.05, 0) is 104 Å². The zero-order valence-corrected chi connectivity index (χ0v) is 33.5. The van der Waals surface area contributed by atoms with Crippen LogP contribution in [0.1, 0.15) is 117 Å². The highest BCUT2D eigenvalue weighted by Gasteiger charge is 2.33. The van der Waals surface area contributed by atoms with E-state index >= 15 is 0 Å². The average molecular weight is 731 g/mol. The Morgan fingerprint density at radius 1 is 0.620 bits per heavy atom. The van der Waals surface area contributed by atoms with Gasteiger partial charge in [-0.3, -0.25) is 9.59 Å². The summed E-state index contributed by atoms with van der Waals surface area (Å²) >= 11 is 0. The molecule has 278 valence electrons. The van der Waals surface area contributed by atoms with Crippen LogP contribution in [-0.4, -0.2) is 60.1 Å². The molecule has 2 amide bonds. The molecule has 0 aromatic heterocycles. The number of hydrogen-bond donors (Lipinski definition) is 4. The topological polar surface area (TPSA) is 135 Å². The third kappa shape index (κ3) is 13.4. The van der Waals surface area contributed by atoms with Crippen LogP contribution in [0.25, 0.3) is 0 Å². The fraction of sp³-hybridized carbons (Fsp3) is 0.579. The van der Waals surface area contributed by atoms with E-state index in [9.17, 15) is 19.2 Å². The highest BCUT2D eigenvalue weighted by atomic mass is 33.1. The number of rotatable bonds is 17. The fourth-order valence-electron chi connectivity index (χ4n) is 4.79. The summed E-state index contributed by atoms with van der Waals surface area (Å²) < 4.78 is 11.3. The molecule has 0 fully saturated rings. The van der Waals surface area contributed by atoms with E-state index in [0.29, 0.717) is 46.8 Å². The molecule has 4 atom stereocenters. The van der Waals surface area contributed by atoms with Gasteiger partial charge in [-0.1, -0.05) is 62.1 Å². The fourth-order valence-corrected chi connectivity index (χ4v) is 7.11. The molecule has 4 unspecified atom stereocenters. The number of nitrogens with one attached hydrogen (secondary N) is 4. The van der Waals surface area contributed by atoms with Crippen molar-refractivity contribution in [3.63, 3.8) is 0 Å². The van der Waals surface area contributed by atoms with Crippen LogP contribution < -0.4 is 21.3 Å². The van der Waals surface area contributed by atoms with Crippen molar-refractivity contribution in [1.82, 2.24) is 10.6 Å². The number of anilines is 2. The molecule has 0 heterocycles. The number of amides is 2. The second kappa shape index (κ2) is 19.3. The van der Waals surface area contributed by atoms with Gasteiger partial charge in [0.1, 0.15) is 23.3 Å². The van der Waals surface area contributed by atoms with Gasteiger partial charge in [0, 0.05) is 34.3 Å². The largest absolute Gasteiger partial charge is 0.458 e. The Bertz CT molecular complexity index is 1360. The Kier molecular flexibility index (Phi) is 16.5. The zero-order chi connectivity index (χ0) is 37.8. The molecule has 0 spiro atoms. The average Bonchev–Trinajstić information content (AvgIpc) is 3.03. The van der Waals surface area contributed by atoms with Gasteiger partial charge < -0.3 is 30.7 Å². The highest BCUT2D eigenvalue weighted by molar-refractivity contribution is 8.76. The van der Waals surface area contributed by atoms with Crippen LogP contribution in [0.3, 0.4) is 0 Å². The minimum atomic E-state index is -0.836. The quantitative estimate of drug-likeness (QED) is 0.0930. The minimum absolute atomic E-state index is 0.160. The Balaban J connectivity index is 2.49. The van der Waals surface area contributed by atoms with E-state index in [4.69, 9.17) is 9.47 Å². The number of esters is 2. The SMILES string of the molecule is CCNc1ccc(SSc2ccc(NCC)cc2C(=O)NC(C(=O)OC(C)(C)C)C(C)CC)c(C(=O)NC(C(=O)OC(C)(C)C)C(C)CC)c1. The standard InChI is InChI=1S/C38H58N4O6S2/c1-13-23(5)31(35(45)47-37(7,8)9)41-33(43)27-21-25(39-15-3)17-19-29(27)49-50-30-20-18-26(40-16-4)22-28(30)34(44)42-32(24(6)14-2)36(46)48-38(10,11)12/h17-24,31-32,39-40H,13-16H2,1-12H3,(H,41,43)(H,42,44). The number of carbonyl (C=O) groups excluding carboxylic acids is 4. The van der Waals surface area contributed by atoms with Gasteiger partial charge >= 0.3 is 11.9 Å². The zero-order valence-electron chi connectivity index (χ0n) is 31.9. The van der Waals surface area contributed by atoms with Gasteiger partial charge in [0.15, 0.2) is 0 Å². The monoisotopic (exact) mass is 730 g/mol. The summed E-state index contributed by atoms with van der Waals surface area (Å²) in [4.78, 5) is 55.5. The van der Waals surface area contributed by atoms with Crippen LogP contribution in [0.15, 0.2) is 46.2 Å². The summed E-state index contributed by atoms with van der Waals surface area (Å²) in [7, 11) is 2.66. The van der Waals surface area contributed by atoms with Crippen LogP contribution in [0.4, 0.5) is 11.4 Å². The Morgan fingerprint density at radius 2 is 0.960 bits per heavy atom. The first-order chi connectivity index (χ1) is 23.3. The second-order valence-corrected chi connectivity index (χ2v) is 16.6. The second-order valence-electron chi connectivity index (χ2n) is 14.4. The molecule has 0 aliphatic rings. The van der Waals surface area contributed by atoms with Crippen LogP contribution in [0.2, 0.25) is 0 Å². The van der Waals surface area contributed by atoms with Gasteiger partial charge in [0.2, 0.25) is 0 Å². The van der Waals surface area contributed by atoms with Crippen LogP contribution in [0.5, 0.6) is 0 Å². The van der Waals surface area contributed by atoms with Crippen molar-refractivity contribution in [2.75, 3.05) is 23.7 Å². The van der Waals surface area contributed by atoms with Crippen molar-refractivity contribution in [2.24, 2.45) is 11.8 Å². The van der Waals surface area contributed by atoms with E-state index in [1.807, 2.05) is 65.8 Å². The number of benzene rings is 2. The normalized spacial score (nSPS) is 14.1. The number of carbonyl (C=O) groups is 4. The van der Waals surface area contributed by atoms with Gasteiger partial charge in [0.25, 0.3) is 11.8 Å². The van der Waals surface area contributed by atoms with Crippen molar-refractivity contribution in [2.45, 2.75) is 129 Å².